The van der Waals surface area contributed by atoms with Gasteiger partial charge in [0.05, 0.1) is 12.1 Å². The summed E-state index contributed by atoms with van der Waals surface area (Å²) in [5, 5.41) is 3.29. The Labute approximate surface area is 91.9 Å². The van der Waals surface area contributed by atoms with E-state index in [-0.39, 0.29) is 5.54 Å². The predicted molar refractivity (Wildman–Crippen MR) is 62.3 cm³/mol. The topological polar surface area (TPSA) is 29.9 Å². The second-order valence-corrected chi connectivity index (χ2v) is 4.16. The molecule has 1 heterocycles. The minimum absolute atomic E-state index is 0.275. The van der Waals surface area contributed by atoms with Crippen molar-refractivity contribution in [3.05, 3.63) is 18.2 Å². The van der Waals surface area contributed by atoms with Crippen molar-refractivity contribution >= 4 is 0 Å². The van der Waals surface area contributed by atoms with Crippen LogP contribution in [0.1, 0.15) is 33.0 Å². The first-order valence-electron chi connectivity index (χ1n) is 5.32. The molecule has 0 aromatic carbocycles. The molecule has 1 N–H and O–H groups in total. The lowest BCUT2D eigenvalue weighted by Gasteiger charge is -2.19. The summed E-state index contributed by atoms with van der Waals surface area (Å²) in [6, 6.07) is 0. The van der Waals surface area contributed by atoms with Crippen molar-refractivity contribution in [1.29, 1.82) is 0 Å². The second kappa shape index (κ2) is 4.99. The molecule has 0 fully saturated rings. The van der Waals surface area contributed by atoms with Gasteiger partial charge in [0.1, 0.15) is 5.82 Å². The van der Waals surface area contributed by atoms with Gasteiger partial charge in [0.2, 0.25) is 0 Å². The van der Waals surface area contributed by atoms with Crippen LogP contribution in [0.3, 0.4) is 0 Å². The van der Waals surface area contributed by atoms with E-state index in [4.69, 9.17) is 6.42 Å². The zero-order valence-electron chi connectivity index (χ0n) is 9.75. The third-order valence-corrected chi connectivity index (χ3v) is 2.32. The van der Waals surface area contributed by atoms with Crippen molar-refractivity contribution in [1.82, 2.24) is 14.9 Å². The zero-order valence-corrected chi connectivity index (χ0v) is 9.75. The van der Waals surface area contributed by atoms with Crippen LogP contribution in [0.2, 0.25) is 0 Å². The van der Waals surface area contributed by atoms with Gasteiger partial charge in [-0.15, -0.1) is 6.42 Å². The second-order valence-electron chi connectivity index (χ2n) is 4.16. The van der Waals surface area contributed by atoms with Crippen molar-refractivity contribution in [2.75, 3.05) is 0 Å². The van der Waals surface area contributed by atoms with Gasteiger partial charge < -0.3 is 4.57 Å². The first-order chi connectivity index (χ1) is 7.09. The average molecular weight is 205 g/mol. The lowest BCUT2D eigenvalue weighted by Crippen LogP contribution is -2.37. The van der Waals surface area contributed by atoms with Gasteiger partial charge in [-0.3, -0.25) is 5.32 Å². The SMILES string of the molecule is C#CC(C)(C)NCc1nccn1CCC. The molecule has 0 spiro atoms. The van der Waals surface area contributed by atoms with Crippen LogP contribution < -0.4 is 5.32 Å². The van der Waals surface area contributed by atoms with E-state index in [1.807, 2.05) is 26.2 Å². The molecular formula is C12H19N3. The summed E-state index contributed by atoms with van der Waals surface area (Å²) in [7, 11) is 0. The van der Waals surface area contributed by atoms with E-state index in [9.17, 15) is 0 Å². The number of nitrogens with one attached hydrogen (secondary N) is 1. The Hall–Kier alpha value is -1.27. The summed E-state index contributed by atoms with van der Waals surface area (Å²) < 4.78 is 2.15. The Balaban J connectivity index is 2.58. The largest absolute Gasteiger partial charge is 0.334 e. The van der Waals surface area contributed by atoms with Gasteiger partial charge in [0.15, 0.2) is 0 Å². The molecule has 0 aliphatic heterocycles. The quantitative estimate of drug-likeness (QED) is 0.743. The van der Waals surface area contributed by atoms with E-state index in [2.05, 4.69) is 27.7 Å². The van der Waals surface area contributed by atoms with Crippen LogP contribution >= 0.6 is 0 Å². The van der Waals surface area contributed by atoms with E-state index in [1.165, 1.54) is 0 Å². The lowest BCUT2D eigenvalue weighted by atomic mass is 10.1. The summed E-state index contributed by atoms with van der Waals surface area (Å²) >= 11 is 0. The minimum atomic E-state index is -0.275. The molecule has 3 heteroatoms. The fraction of sp³-hybridized carbons (Fsp3) is 0.583. The zero-order chi connectivity index (χ0) is 11.3. The predicted octanol–water partition coefficient (Wildman–Crippen LogP) is 1.79. The molecule has 0 aliphatic rings. The smallest absolute Gasteiger partial charge is 0.122 e. The van der Waals surface area contributed by atoms with Crippen LogP contribution in [0.5, 0.6) is 0 Å². The molecule has 82 valence electrons. The molecule has 0 bridgehead atoms. The van der Waals surface area contributed by atoms with Gasteiger partial charge in [-0.2, -0.15) is 0 Å². The molecule has 0 saturated carbocycles. The highest BCUT2D eigenvalue weighted by molar-refractivity contribution is 5.08. The summed E-state index contributed by atoms with van der Waals surface area (Å²) in [4.78, 5) is 4.30. The Morgan fingerprint density at radius 2 is 2.33 bits per heavy atom. The molecule has 0 aliphatic carbocycles. The van der Waals surface area contributed by atoms with Gasteiger partial charge in [0.25, 0.3) is 0 Å². The number of nitrogens with zero attached hydrogens (tertiary/aromatic N) is 2. The summed E-state index contributed by atoms with van der Waals surface area (Å²) in [6.07, 6.45) is 10.3. The molecule has 1 aromatic rings. The molecule has 1 rings (SSSR count). The maximum Gasteiger partial charge on any atom is 0.122 e. The van der Waals surface area contributed by atoms with Gasteiger partial charge in [-0.05, 0) is 20.3 Å². The van der Waals surface area contributed by atoms with Gasteiger partial charge in [-0.1, -0.05) is 12.8 Å². The van der Waals surface area contributed by atoms with E-state index < -0.39 is 0 Å². The Morgan fingerprint density at radius 3 is 2.93 bits per heavy atom. The number of hydrogen-bond acceptors (Lipinski definition) is 2. The molecular weight excluding hydrogens is 186 g/mol. The normalized spacial score (nSPS) is 11.3. The monoisotopic (exact) mass is 205 g/mol. The summed E-state index contributed by atoms with van der Waals surface area (Å²) in [5.74, 6) is 3.75. The number of aromatic nitrogens is 2. The molecule has 0 unspecified atom stereocenters. The number of rotatable bonds is 5. The van der Waals surface area contributed by atoms with E-state index in [1.54, 1.807) is 0 Å². The summed E-state index contributed by atoms with van der Waals surface area (Å²) in [5.41, 5.74) is -0.275. The van der Waals surface area contributed by atoms with Crippen LogP contribution in [0, 0.1) is 12.3 Å². The molecule has 0 radical (unpaired) electrons. The fourth-order valence-electron chi connectivity index (χ4n) is 1.30. The van der Waals surface area contributed by atoms with Crippen LogP contribution in [0.15, 0.2) is 12.4 Å². The third kappa shape index (κ3) is 3.41. The number of imidazole rings is 1. The lowest BCUT2D eigenvalue weighted by molar-refractivity contribution is 0.469. The molecule has 3 nitrogen and oxygen atoms in total. The fourth-order valence-corrected chi connectivity index (χ4v) is 1.30. The van der Waals surface area contributed by atoms with Crippen molar-refractivity contribution < 1.29 is 0 Å². The van der Waals surface area contributed by atoms with Crippen molar-refractivity contribution in [2.24, 2.45) is 0 Å². The molecule has 0 atom stereocenters. The highest BCUT2D eigenvalue weighted by Crippen LogP contribution is 2.03. The van der Waals surface area contributed by atoms with Crippen LogP contribution in [-0.4, -0.2) is 15.1 Å². The summed E-state index contributed by atoms with van der Waals surface area (Å²) in [6.45, 7) is 7.85. The van der Waals surface area contributed by atoms with Crippen molar-refractivity contribution in [2.45, 2.75) is 45.8 Å². The number of hydrogen-bond donors (Lipinski definition) is 1. The Bertz CT molecular complexity index is 344. The van der Waals surface area contributed by atoms with Gasteiger partial charge in [0, 0.05) is 18.9 Å². The highest BCUT2D eigenvalue weighted by Gasteiger charge is 2.13. The van der Waals surface area contributed by atoms with Crippen LogP contribution in [-0.2, 0) is 13.1 Å². The molecule has 0 amide bonds. The van der Waals surface area contributed by atoms with Gasteiger partial charge in [-0.25, -0.2) is 4.98 Å². The average Bonchev–Trinajstić information content (AvgIpc) is 2.64. The van der Waals surface area contributed by atoms with Crippen LogP contribution in [0.25, 0.3) is 0 Å². The third-order valence-electron chi connectivity index (χ3n) is 2.32. The number of terminal acetylenes is 1. The Kier molecular flexibility index (Phi) is 3.93. The Morgan fingerprint density at radius 1 is 1.60 bits per heavy atom. The molecule has 0 saturated heterocycles. The highest BCUT2D eigenvalue weighted by atomic mass is 15.1. The van der Waals surface area contributed by atoms with E-state index >= 15 is 0 Å². The van der Waals surface area contributed by atoms with Crippen molar-refractivity contribution in [3.8, 4) is 12.3 Å². The first kappa shape index (κ1) is 11.8. The van der Waals surface area contributed by atoms with Crippen LogP contribution in [0.4, 0.5) is 0 Å². The molecule has 1 aromatic heterocycles. The maximum atomic E-state index is 5.40. The van der Waals surface area contributed by atoms with E-state index in [0.29, 0.717) is 6.54 Å². The maximum absolute atomic E-state index is 5.40. The van der Waals surface area contributed by atoms with Gasteiger partial charge >= 0.3 is 0 Å². The van der Waals surface area contributed by atoms with E-state index in [0.717, 1.165) is 18.8 Å². The number of aryl methyl sites for hydroxylation is 1. The molecule has 15 heavy (non-hydrogen) atoms. The van der Waals surface area contributed by atoms with Crippen molar-refractivity contribution in [3.63, 3.8) is 0 Å². The standard InChI is InChI=1S/C12H19N3/c1-5-8-15-9-7-13-11(15)10-14-12(3,4)6-2/h2,7,9,14H,5,8,10H2,1,3-4H3. The minimum Gasteiger partial charge on any atom is -0.334 e. The first-order valence-corrected chi connectivity index (χ1v) is 5.32.